The van der Waals surface area contributed by atoms with Crippen LogP contribution in [0, 0.1) is 0 Å². The van der Waals surface area contributed by atoms with Gasteiger partial charge >= 0.3 is 0 Å². The van der Waals surface area contributed by atoms with Crippen LogP contribution in [0.2, 0.25) is 0 Å². The summed E-state index contributed by atoms with van der Waals surface area (Å²) >= 11 is 0. The number of nitrogens with one attached hydrogen (secondary N) is 1. The van der Waals surface area contributed by atoms with Crippen molar-refractivity contribution < 1.29 is 4.74 Å². The van der Waals surface area contributed by atoms with Crippen molar-refractivity contribution in [2.45, 2.75) is 39.8 Å². The maximum absolute atomic E-state index is 5.46. The molecular formula is C19H30N6O. The van der Waals surface area contributed by atoms with Gasteiger partial charge < -0.3 is 15.0 Å². The van der Waals surface area contributed by atoms with Gasteiger partial charge in [-0.3, -0.25) is 9.67 Å². The topological polar surface area (TPSA) is 67.6 Å². The van der Waals surface area contributed by atoms with Crippen molar-refractivity contribution in [1.29, 1.82) is 0 Å². The summed E-state index contributed by atoms with van der Waals surface area (Å²) in [5.41, 5.74) is 3.45. The Morgan fingerprint density at radius 1 is 1.42 bits per heavy atom. The quantitative estimate of drug-likeness (QED) is 0.608. The largest absolute Gasteiger partial charge is 0.478 e. The van der Waals surface area contributed by atoms with E-state index in [0.717, 1.165) is 23.8 Å². The Kier molecular flexibility index (Phi) is 7.00. The molecule has 7 nitrogen and oxygen atoms in total. The van der Waals surface area contributed by atoms with E-state index in [-0.39, 0.29) is 0 Å². The van der Waals surface area contributed by atoms with Crippen LogP contribution in [0.15, 0.2) is 29.5 Å². The zero-order valence-electron chi connectivity index (χ0n) is 16.7. The third kappa shape index (κ3) is 5.21. The highest BCUT2D eigenvalue weighted by Crippen LogP contribution is 2.18. The van der Waals surface area contributed by atoms with Gasteiger partial charge in [-0.25, -0.2) is 4.98 Å². The number of pyridine rings is 1. The van der Waals surface area contributed by atoms with Gasteiger partial charge in [0.2, 0.25) is 5.88 Å². The molecule has 0 radical (unpaired) electrons. The minimum atomic E-state index is 0.392. The first kappa shape index (κ1) is 19.8. The Hall–Kier alpha value is -2.57. The average Bonchev–Trinajstić information content (AvgIpc) is 2.96. The van der Waals surface area contributed by atoms with E-state index in [1.165, 1.54) is 5.56 Å². The molecule has 0 bridgehead atoms. The standard InChI is InChI=1S/C19H30N6O/c1-7-26-17-10-15(8-9-21-17)11-22-19(20-4)24(5)12-16-13-25(6)23-18(16)14(2)3/h8-10,13-14H,7,11-12H2,1-6H3,(H,20,22). The molecule has 0 aromatic carbocycles. The minimum Gasteiger partial charge on any atom is -0.478 e. The van der Waals surface area contributed by atoms with Crippen molar-refractivity contribution in [1.82, 2.24) is 25.0 Å². The summed E-state index contributed by atoms with van der Waals surface area (Å²) in [4.78, 5) is 10.7. The van der Waals surface area contributed by atoms with Gasteiger partial charge in [0.25, 0.3) is 0 Å². The van der Waals surface area contributed by atoms with E-state index in [9.17, 15) is 0 Å². The van der Waals surface area contributed by atoms with Crippen LogP contribution < -0.4 is 10.1 Å². The van der Waals surface area contributed by atoms with Gasteiger partial charge in [-0.05, 0) is 24.5 Å². The van der Waals surface area contributed by atoms with Crippen LogP contribution >= 0.6 is 0 Å². The molecule has 0 fully saturated rings. The second kappa shape index (κ2) is 9.22. The molecule has 0 saturated carbocycles. The fourth-order valence-corrected chi connectivity index (χ4v) is 2.85. The molecular weight excluding hydrogens is 328 g/mol. The van der Waals surface area contributed by atoms with Gasteiger partial charge in [0.05, 0.1) is 12.3 Å². The van der Waals surface area contributed by atoms with Crippen LogP contribution in [0.5, 0.6) is 5.88 Å². The summed E-state index contributed by atoms with van der Waals surface area (Å²) < 4.78 is 7.33. The summed E-state index contributed by atoms with van der Waals surface area (Å²) in [6, 6.07) is 3.92. The highest BCUT2D eigenvalue weighted by Gasteiger charge is 2.15. The number of ether oxygens (including phenoxy) is 1. The second-order valence-electron chi connectivity index (χ2n) is 6.56. The first-order valence-corrected chi connectivity index (χ1v) is 8.96. The number of aliphatic imine (C=N–C) groups is 1. The Morgan fingerprint density at radius 3 is 2.85 bits per heavy atom. The molecule has 0 aliphatic rings. The molecule has 2 rings (SSSR count). The minimum absolute atomic E-state index is 0.392. The number of aromatic nitrogens is 3. The first-order chi connectivity index (χ1) is 12.4. The summed E-state index contributed by atoms with van der Waals surface area (Å²) in [7, 11) is 5.79. The van der Waals surface area contributed by atoms with Crippen molar-refractivity contribution >= 4 is 5.96 Å². The molecule has 0 unspecified atom stereocenters. The maximum atomic E-state index is 5.46. The first-order valence-electron chi connectivity index (χ1n) is 8.96. The van der Waals surface area contributed by atoms with Crippen LogP contribution in [-0.4, -0.2) is 46.3 Å². The lowest BCUT2D eigenvalue weighted by Gasteiger charge is -2.22. The molecule has 2 aromatic rings. The predicted octanol–water partition coefficient (Wildman–Crippen LogP) is 2.54. The van der Waals surface area contributed by atoms with Crippen molar-refractivity contribution in [2.75, 3.05) is 20.7 Å². The van der Waals surface area contributed by atoms with E-state index >= 15 is 0 Å². The third-order valence-electron chi connectivity index (χ3n) is 4.01. The molecule has 0 atom stereocenters. The Bertz CT molecular complexity index is 737. The molecule has 142 valence electrons. The van der Waals surface area contributed by atoms with E-state index in [2.05, 4.69) is 45.3 Å². The summed E-state index contributed by atoms with van der Waals surface area (Å²) in [5, 5.41) is 7.97. The predicted molar refractivity (Wildman–Crippen MR) is 104 cm³/mol. The Morgan fingerprint density at radius 2 is 2.19 bits per heavy atom. The lowest BCUT2D eigenvalue weighted by molar-refractivity contribution is 0.326. The SMILES string of the molecule is CCOc1cc(CNC(=NC)N(C)Cc2cn(C)nc2C(C)C)ccn1. The fraction of sp³-hybridized carbons (Fsp3) is 0.526. The zero-order valence-corrected chi connectivity index (χ0v) is 16.7. The van der Waals surface area contributed by atoms with Crippen molar-refractivity contribution in [3.63, 3.8) is 0 Å². The Balaban J connectivity index is 2.01. The lowest BCUT2D eigenvalue weighted by Crippen LogP contribution is -2.38. The van der Waals surface area contributed by atoms with E-state index in [1.54, 1.807) is 13.2 Å². The zero-order chi connectivity index (χ0) is 19.1. The van der Waals surface area contributed by atoms with Crippen LogP contribution in [0.3, 0.4) is 0 Å². The number of guanidine groups is 1. The summed E-state index contributed by atoms with van der Waals surface area (Å²) in [6.45, 7) is 8.30. The molecule has 2 heterocycles. The molecule has 0 aliphatic carbocycles. The van der Waals surface area contributed by atoms with Gasteiger partial charge in [-0.15, -0.1) is 0 Å². The Labute approximate surface area is 156 Å². The molecule has 0 aliphatic heterocycles. The second-order valence-corrected chi connectivity index (χ2v) is 6.56. The van der Waals surface area contributed by atoms with Crippen LogP contribution in [0.25, 0.3) is 0 Å². The summed E-state index contributed by atoms with van der Waals surface area (Å²) in [5.74, 6) is 1.87. The molecule has 2 aromatic heterocycles. The number of rotatable bonds is 7. The van der Waals surface area contributed by atoms with E-state index < -0.39 is 0 Å². The molecule has 26 heavy (non-hydrogen) atoms. The molecule has 0 amide bonds. The van der Waals surface area contributed by atoms with Crippen molar-refractivity contribution in [3.05, 3.63) is 41.3 Å². The lowest BCUT2D eigenvalue weighted by atomic mass is 10.1. The van der Waals surface area contributed by atoms with Crippen LogP contribution in [0.4, 0.5) is 0 Å². The molecule has 0 spiro atoms. The average molecular weight is 358 g/mol. The monoisotopic (exact) mass is 358 g/mol. The van der Waals surface area contributed by atoms with Gasteiger partial charge in [-0.2, -0.15) is 5.10 Å². The third-order valence-corrected chi connectivity index (χ3v) is 4.01. The van der Waals surface area contributed by atoms with Gasteiger partial charge in [-0.1, -0.05) is 13.8 Å². The number of aryl methyl sites for hydroxylation is 1. The van der Waals surface area contributed by atoms with Crippen molar-refractivity contribution in [2.24, 2.45) is 12.0 Å². The number of nitrogens with zero attached hydrogens (tertiary/aromatic N) is 5. The van der Waals surface area contributed by atoms with Crippen LogP contribution in [-0.2, 0) is 20.1 Å². The van der Waals surface area contributed by atoms with Gasteiger partial charge in [0.15, 0.2) is 5.96 Å². The van der Waals surface area contributed by atoms with Crippen molar-refractivity contribution in [3.8, 4) is 5.88 Å². The van der Waals surface area contributed by atoms with Gasteiger partial charge in [0.1, 0.15) is 0 Å². The maximum Gasteiger partial charge on any atom is 0.213 e. The normalized spacial score (nSPS) is 11.7. The smallest absolute Gasteiger partial charge is 0.213 e. The molecule has 0 saturated heterocycles. The highest BCUT2D eigenvalue weighted by molar-refractivity contribution is 5.79. The number of hydrogen-bond acceptors (Lipinski definition) is 4. The molecule has 7 heteroatoms. The van der Waals surface area contributed by atoms with E-state index in [0.29, 0.717) is 24.9 Å². The van der Waals surface area contributed by atoms with Crippen LogP contribution in [0.1, 0.15) is 43.5 Å². The fourth-order valence-electron chi connectivity index (χ4n) is 2.85. The summed E-state index contributed by atoms with van der Waals surface area (Å²) in [6.07, 6.45) is 3.84. The van der Waals surface area contributed by atoms with Gasteiger partial charge in [0, 0.05) is 58.3 Å². The molecule has 1 N–H and O–H groups in total. The van der Waals surface area contributed by atoms with E-state index in [4.69, 9.17) is 4.74 Å². The number of hydrogen-bond donors (Lipinski definition) is 1. The van der Waals surface area contributed by atoms with E-state index in [1.807, 2.05) is 37.8 Å². The highest BCUT2D eigenvalue weighted by atomic mass is 16.5.